The van der Waals surface area contributed by atoms with Gasteiger partial charge in [0.05, 0.1) is 0 Å². The van der Waals surface area contributed by atoms with E-state index < -0.39 is 0 Å². The summed E-state index contributed by atoms with van der Waals surface area (Å²) in [6, 6.07) is 10.2. The van der Waals surface area contributed by atoms with E-state index in [0.717, 1.165) is 12.3 Å². The van der Waals surface area contributed by atoms with E-state index in [1.165, 1.54) is 9.80 Å². The lowest BCUT2D eigenvalue weighted by atomic mass is 10.4. The van der Waals surface area contributed by atoms with Crippen molar-refractivity contribution in [1.29, 1.82) is 0 Å². The number of carbonyl (C=O) groups excluding carboxylic acids is 1. The molecule has 1 aromatic carbocycles. The molecule has 120 valence electrons. The standard InChI is InChI=1S/C16H24N4OS/c1-4-10-17-16(19-13-15(21)20(2)3)18-11-12-22-14-8-6-5-7-9-14/h4-9H,1,10-13H2,2-3H3,(H2,17,18,19). The van der Waals surface area contributed by atoms with Gasteiger partial charge in [-0.25, -0.2) is 4.99 Å². The number of nitrogens with zero attached hydrogens (tertiary/aromatic N) is 2. The Kier molecular flexibility index (Phi) is 8.83. The molecule has 22 heavy (non-hydrogen) atoms. The third-order valence-electron chi connectivity index (χ3n) is 2.69. The highest BCUT2D eigenvalue weighted by atomic mass is 32.2. The minimum Gasteiger partial charge on any atom is -0.356 e. The first-order chi connectivity index (χ1) is 10.6. The summed E-state index contributed by atoms with van der Waals surface area (Å²) in [7, 11) is 3.44. The fourth-order valence-corrected chi connectivity index (χ4v) is 2.28. The molecule has 6 heteroatoms. The van der Waals surface area contributed by atoms with Gasteiger partial charge in [-0.15, -0.1) is 18.3 Å². The van der Waals surface area contributed by atoms with Crippen LogP contribution in [0.25, 0.3) is 0 Å². The number of likely N-dealkylation sites (N-methyl/N-ethyl adjacent to an activating group) is 1. The second-order valence-electron chi connectivity index (χ2n) is 4.71. The second-order valence-corrected chi connectivity index (χ2v) is 5.88. The Balaban J connectivity index is 2.38. The number of rotatable bonds is 8. The maximum absolute atomic E-state index is 11.6. The van der Waals surface area contributed by atoms with Gasteiger partial charge in [0.1, 0.15) is 6.54 Å². The summed E-state index contributed by atoms with van der Waals surface area (Å²) in [4.78, 5) is 18.6. The molecule has 0 spiro atoms. The fourth-order valence-electron chi connectivity index (χ4n) is 1.49. The Labute approximate surface area is 136 Å². The number of aliphatic imine (C=N–C) groups is 1. The molecule has 1 amide bonds. The Morgan fingerprint density at radius 3 is 2.68 bits per heavy atom. The van der Waals surface area contributed by atoms with Gasteiger partial charge in [-0.1, -0.05) is 24.3 Å². The largest absolute Gasteiger partial charge is 0.356 e. The number of hydrogen-bond acceptors (Lipinski definition) is 3. The first-order valence-corrected chi connectivity index (χ1v) is 8.13. The van der Waals surface area contributed by atoms with Crippen molar-refractivity contribution in [3.05, 3.63) is 43.0 Å². The third-order valence-corrected chi connectivity index (χ3v) is 3.71. The van der Waals surface area contributed by atoms with Crippen LogP contribution in [0.4, 0.5) is 0 Å². The third kappa shape index (κ3) is 7.73. The maximum Gasteiger partial charge on any atom is 0.243 e. The summed E-state index contributed by atoms with van der Waals surface area (Å²) >= 11 is 1.77. The first-order valence-electron chi connectivity index (χ1n) is 7.14. The van der Waals surface area contributed by atoms with Gasteiger partial charge in [0.2, 0.25) is 5.91 Å². The molecular formula is C16H24N4OS. The Hall–Kier alpha value is -1.95. The first kappa shape index (κ1) is 18.1. The van der Waals surface area contributed by atoms with Gasteiger partial charge >= 0.3 is 0 Å². The Morgan fingerprint density at radius 2 is 2.05 bits per heavy atom. The molecule has 1 rings (SSSR count). The lowest BCUT2D eigenvalue weighted by Crippen LogP contribution is -2.39. The molecule has 0 saturated carbocycles. The number of guanidine groups is 1. The molecule has 0 aromatic heterocycles. The van der Waals surface area contributed by atoms with Gasteiger partial charge in [-0.3, -0.25) is 4.79 Å². The number of thioether (sulfide) groups is 1. The van der Waals surface area contributed by atoms with E-state index in [9.17, 15) is 4.79 Å². The summed E-state index contributed by atoms with van der Waals surface area (Å²) in [6.45, 7) is 5.17. The molecule has 0 radical (unpaired) electrons. The summed E-state index contributed by atoms with van der Waals surface area (Å²) in [5.41, 5.74) is 0. The van der Waals surface area contributed by atoms with Crippen LogP contribution < -0.4 is 10.6 Å². The predicted octanol–water partition coefficient (Wildman–Crippen LogP) is 1.59. The van der Waals surface area contributed by atoms with Crippen LogP contribution in [0.5, 0.6) is 0 Å². The predicted molar refractivity (Wildman–Crippen MR) is 94.4 cm³/mol. The van der Waals surface area contributed by atoms with Crippen molar-refractivity contribution in [3.8, 4) is 0 Å². The van der Waals surface area contributed by atoms with Gasteiger partial charge in [0.15, 0.2) is 5.96 Å². The van der Waals surface area contributed by atoms with Gasteiger partial charge in [0, 0.05) is 37.8 Å². The van der Waals surface area contributed by atoms with Crippen molar-refractivity contribution in [2.24, 2.45) is 4.99 Å². The molecule has 0 heterocycles. The van der Waals surface area contributed by atoms with E-state index in [2.05, 4.69) is 34.3 Å². The molecule has 5 nitrogen and oxygen atoms in total. The van der Waals surface area contributed by atoms with Crippen LogP contribution >= 0.6 is 11.8 Å². The van der Waals surface area contributed by atoms with Crippen LogP contribution in [-0.2, 0) is 4.79 Å². The highest BCUT2D eigenvalue weighted by molar-refractivity contribution is 7.99. The Bertz CT molecular complexity index is 488. The zero-order valence-corrected chi connectivity index (χ0v) is 14.0. The van der Waals surface area contributed by atoms with E-state index in [0.29, 0.717) is 12.5 Å². The van der Waals surface area contributed by atoms with Gasteiger partial charge < -0.3 is 15.5 Å². The van der Waals surface area contributed by atoms with Crippen molar-refractivity contribution in [3.63, 3.8) is 0 Å². The maximum atomic E-state index is 11.6. The van der Waals surface area contributed by atoms with E-state index in [4.69, 9.17) is 0 Å². The van der Waals surface area contributed by atoms with Crippen molar-refractivity contribution >= 4 is 23.6 Å². The second kappa shape index (κ2) is 10.7. The van der Waals surface area contributed by atoms with Crippen molar-refractivity contribution in [2.75, 3.05) is 39.5 Å². The van der Waals surface area contributed by atoms with Gasteiger partial charge in [0.25, 0.3) is 0 Å². The minimum atomic E-state index is -0.0293. The summed E-state index contributed by atoms with van der Waals surface area (Å²) in [5.74, 6) is 1.52. The molecular weight excluding hydrogens is 296 g/mol. The average Bonchev–Trinajstić information content (AvgIpc) is 2.53. The van der Waals surface area contributed by atoms with E-state index >= 15 is 0 Å². The SMILES string of the molecule is C=CCNC(=NCC(=O)N(C)C)NCCSc1ccccc1. The van der Waals surface area contributed by atoms with E-state index in [1.54, 1.807) is 31.9 Å². The number of hydrogen-bond donors (Lipinski definition) is 2. The van der Waals surface area contributed by atoms with Crippen LogP contribution in [-0.4, -0.2) is 56.2 Å². The summed E-state index contributed by atoms with van der Waals surface area (Å²) < 4.78 is 0. The number of benzene rings is 1. The Morgan fingerprint density at radius 1 is 1.32 bits per heavy atom. The molecule has 0 aliphatic heterocycles. The molecule has 0 atom stereocenters. The number of carbonyl (C=O) groups is 1. The molecule has 0 bridgehead atoms. The smallest absolute Gasteiger partial charge is 0.243 e. The zero-order chi connectivity index (χ0) is 16.2. The normalized spacial score (nSPS) is 10.9. The monoisotopic (exact) mass is 320 g/mol. The van der Waals surface area contributed by atoms with Crippen LogP contribution in [0, 0.1) is 0 Å². The lowest BCUT2D eigenvalue weighted by Gasteiger charge is -2.12. The number of amides is 1. The van der Waals surface area contributed by atoms with Crippen LogP contribution in [0.2, 0.25) is 0 Å². The van der Waals surface area contributed by atoms with Gasteiger partial charge in [-0.05, 0) is 12.1 Å². The highest BCUT2D eigenvalue weighted by Gasteiger charge is 2.03. The molecule has 0 unspecified atom stereocenters. The van der Waals surface area contributed by atoms with Crippen LogP contribution in [0.1, 0.15) is 0 Å². The molecule has 0 fully saturated rings. The summed E-state index contributed by atoms with van der Waals surface area (Å²) in [6.07, 6.45) is 1.75. The topological polar surface area (TPSA) is 56.7 Å². The fraction of sp³-hybridized carbons (Fsp3) is 0.375. The van der Waals surface area contributed by atoms with Crippen molar-refractivity contribution < 1.29 is 4.79 Å². The van der Waals surface area contributed by atoms with E-state index in [-0.39, 0.29) is 12.5 Å². The quantitative estimate of drug-likeness (QED) is 0.251. The minimum absolute atomic E-state index is 0.0293. The van der Waals surface area contributed by atoms with E-state index in [1.807, 2.05) is 18.2 Å². The molecule has 2 N–H and O–H groups in total. The molecule has 0 saturated heterocycles. The number of nitrogens with one attached hydrogen (secondary N) is 2. The van der Waals surface area contributed by atoms with Crippen LogP contribution in [0.3, 0.4) is 0 Å². The lowest BCUT2D eigenvalue weighted by molar-refractivity contribution is -0.127. The average molecular weight is 320 g/mol. The van der Waals surface area contributed by atoms with Crippen molar-refractivity contribution in [1.82, 2.24) is 15.5 Å². The molecule has 1 aromatic rings. The molecule has 0 aliphatic carbocycles. The van der Waals surface area contributed by atoms with Gasteiger partial charge in [-0.2, -0.15) is 0 Å². The highest BCUT2D eigenvalue weighted by Crippen LogP contribution is 2.15. The zero-order valence-electron chi connectivity index (χ0n) is 13.2. The van der Waals surface area contributed by atoms with Crippen LogP contribution in [0.15, 0.2) is 52.9 Å². The summed E-state index contributed by atoms with van der Waals surface area (Å²) in [5, 5.41) is 6.32. The van der Waals surface area contributed by atoms with Crippen molar-refractivity contribution in [2.45, 2.75) is 4.90 Å². The molecule has 0 aliphatic rings.